The molecule has 2 rings (SSSR count). The number of carboxylic acid groups (broad SMARTS) is 1. The molecule has 1 aliphatic heterocycles. The highest BCUT2D eigenvalue weighted by molar-refractivity contribution is 5.67. The fourth-order valence-corrected chi connectivity index (χ4v) is 2.79. The largest absolute Gasteiger partial charge is 0.481 e. The first-order valence-corrected chi connectivity index (χ1v) is 6.20. The van der Waals surface area contributed by atoms with Crippen LogP contribution in [-0.2, 0) is 9.53 Å². The van der Waals surface area contributed by atoms with Gasteiger partial charge in [0.15, 0.2) is 0 Å². The molecule has 1 unspecified atom stereocenters. The van der Waals surface area contributed by atoms with Crippen molar-refractivity contribution in [2.24, 2.45) is 5.92 Å². The van der Waals surface area contributed by atoms with E-state index in [1.54, 1.807) is 0 Å². The Kier molecular flexibility index (Phi) is 3.50. The molecule has 0 radical (unpaired) electrons. The van der Waals surface area contributed by atoms with E-state index in [0.29, 0.717) is 6.54 Å². The fourth-order valence-electron chi connectivity index (χ4n) is 2.79. The molecule has 92 valence electrons. The zero-order valence-electron chi connectivity index (χ0n) is 9.87. The lowest BCUT2D eigenvalue weighted by Crippen LogP contribution is -2.55. The Balaban J connectivity index is 1.92. The van der Waals surface area contributed by atoms with Crippen molar-refractivity contribution in [1.29, 1.82) is 0 Å². The smallest absolute Gasteiger partial charge is 0.306 e. The molecule has 0 aromatic carbocycles. The molecule has 0 bridgehead atoms. The van der Waals surface area contributed by atoms with E-state index in [1.165, 1.54) is 12.8 Å². The Morgan fingerprint density at radius 1 is 1.50 bits per heavy atom. The van der Waals surface area contributed by atoms with Crippen molar-refractivity contribution in [2.75, 3.05) is 13.1 Å². The molecule has 2 aliphatic rings. The monoisotopic (exact) mass is 227 g/mol. The van der Waals surface area contributed by atoms with Crippen molar-refractivity contribution >= 4 is 5.97 Å². The summed E-state index contributed by atoms with van der Waals surface area (Å²) in [5.41, 5.74) is -0.0785. The minimum Gasteiger partial charge on any atom is -0.481 e. The highest BCUT2D eigenvalue weighted by Gasteiger charge is 2.40. The van der Waals surface area contributed by atoms with Gasteiger partial charge in [0.05, 0.1) is 18.1 Å². The average molecular weight is 227 g/mol. The van der Waals surface area contributed by atoms with Crippen LogP contribution in [0.25, 0.3) is 0 Å². The standard InChI is InChI=1S/C12H21NO3/c1-9-2-4-12(5-3-9)8-13-7-10(16-12)6-11(14)15/h9-10,13H,2-8H2,1H3,(H,14,15). The van der Waals surface area contributed by atoms with E-state index in [2.05, 4.69) is 12.2 Å². The van der Waals surface area contributed by atoms with Crippen LogP contribution in [0.3, 0.4) is 0 Å². The molecule has 1 saturated carbocycles. The highest BCUT2D eigenvalue weighted by atomic mass is 16.5. The maximum atomic E-state index is 10.7. The second-order valence-electron chi connectivity index (χ2n) is 5.33. The van der Waals surface area contributed by atoms with Crippen LogP contribution in [0, 0.1) is 5.92 Å². The first-order chi connectivity index (χ1) is 7.60. The molecule has 1 heterocycles. The van der Waals surface area contributed by atoms with Crippen molar-refractivity contribution in [3.63, 3.8) is 0 Å². The summed E-state index contributed by atoms with van der Waals surface area (Å²) in [6.45, 7) is 3.83. The summed E-state index contributed by atoms with van der Waals surface area (Å²) >= 11 is 0. The SMILES string of the molecule is CC1CCC2(CC1)CNCC(CC(=O)O)O2. The number of morpholine rings is 1. The summed E-state index contributed by atoms with van der Waals surface area (Å²) in [7, 11) is 0. The van der Waals surface area contributed by atoms with Gasteiger partial charge in [-0.05, 0) is 31.6 Å². The van der Waals surface area contributed by atoms with Crippen LogP contribution in [-0.4, -0.2) is 35.9 Å². The quantitative estimate of drug-likeness (QED) is 0.748. The molecule has 1 saturated heterocycles. The molecule has 4 heteroatoms. The van der Waals surface area contributed by atoms with Crippen LogP contribution in [0.4, 0.5) is 0 Å². The summed E-state index contributed by atoms with van der Waals surface area (Å²) < 4.78 is 6.03. The summed E-state index contributed by atoms with van der Waals surface area (Å²) in [6.07, 6.45) is 4.49. The van der Waals surface area contributed by atoms with E-state index in [-0.39, 0.29) is 18.1 Å². The van der Waals surface area contributed by atoms with E-state index >= 15 is 0 Å². The summed E-state index contributed by atoms with van der Waals surface area (Å²) in [4.78, 5) is 10.7. The molecule has 1 aliphatic carbocycles. The predicted octanol–water partition coefficient (Wildman–Crippen LogP) is 1.40. The second-order valence-corrected chi connectivity index (χ2v) is 5.33. The molecule has 1 atom stereocenters. The number of aliphatic carboxylic acids is 1. The van der Waals surface area contributed by atoms with Gasteiger partial charge >= 0.3 is 5.97 Å². The third kappa shape index (κ3) is 2.74. The van der Waals surface area contributed by atoms with E-state index in [4.69, 9.17) is 9.84 Å². The molecular formula is C12H21NO3. The van der Waals surface area contributed by atoms with Crippen molar-refractivity contribution in [1.82, 2.24) is 5.32 Å². The van der Waals surface area contributed by atoms with Gasteiger partial charge in [-0.25, -0.2) is 0 Å². The summed E-state index contributed by atoms with van der Waals surface area (Å²) in [5, 5.41) is 12.1. The molecular weight excluding hydrogens is 206 g/mol. The zero-order valence-corrected chi connectivity index (χ0v) is 9.87. The van der Waals surface area contributed by atoms with Crippen molar-refractivity contribution in [3.05, 3.63) is 0 Å². The van der Waals surface area contributed by atoms with Crippen LogP contribution >= 0.6 is 0 Å². The molecule has 0 aromatic rings. The van der Waals surface area contributed by atoms with Gasteiger partial charge in [0, 0.05) is 13.1 Å². The van der Waals surface area contributed by atoms with Crippen molar-refractivity contribution in [2.45, 2.75) is 50.7 Å². The number of hydrogen-bond donors (Lipinski definition) is 2. The van der Waals surface area contributed by atoms with Gasteiger partial charge in [-0.1, -0.05) is 6.92 Å². The first kappa shape index (κ1) is 11.9. The van der Waals surface area contributed by atoms with Crippen molar-refractivity contribution < 1.29 is 14.6 Å². The fraction of sp³-hybridized carbons (Fsp3) is 0.917. The highest BCUT2D eigenvalue weighted by Crippen LogP contribution is 2.36. The van der Waals surface area contributed by atoms with E-state index in [9.17, 15) is 4.79 Å². The Hall–Kier alpha value is -0.610. The number of nitrogens with one attached hydrogen (secondary N) is 1. The lowest BCUT2D eigenvalue weighted by Gasteiger charge is -2.45. The van der Waals surface area contributed by atoms with Crippen LogP contribution in [0.2, 0.25) is 0 Å². The number of carbonyl (C=O) groups is 1. The Morgan fingerprint density at radius 3 is 2.81 bits per heavy atom. The minimum atomic E-state index is -0.770. The maximum absolute atomic E-state index is 10.7. The Labute approximate surface area is 96.4 Å². The molecule has 16 heavy (non-hydrogen) atoms. The lowest BCUT2D eigenvalue weighted by atomic mass is 9.78. The zero-order chi connectivity index (χ0) is 11.6. The molecule has 4 nitrogen and oxygen atoms in total. The third-order valence-electron chi connectivity index (χ3n) is 3.82. The van der Waals surface area contributed by atoms with Gasteiger partial charge in [0.25, 0.3) is 0 Å². The Bertz CT molecular complexity index is 259. The van der Waals surface area contributed by atoms with Gasteiger partial charge in [-0.3, -0.25) is 4.79 Å². The third-order valence-corrected chi connectivity index (χ3v) is 3.82. The van der Waals surface area contributed by atoms with Crippen LogP contribution in [0.5, 0.6) is 0 Å². The maximum Gasteiger partial charge on any atom is 0.306 e. The number of rotatable bonds is 2. The van der Waals surface area contributed by atoms with E-state index in [0.717, 1.165) is 25.3 Å². The second kappa shape index (κ2) is 4.72. The number of carboxylic acids is 1. The molecule has 0 amide bonds. The molecule has 0 aromatic heterocycles. The first-order valence-electron chi connectivity index (χ1n) is 6.20. The number of hydrogen-bond acceptors (Lipinski definition) is 3. The van der Waals surface area contributed by atoms with Gasteiger partial charge in [0.2, 0.25) is 0 Å². The molecule has 1 spiro atoms. The Morgan fingerprint density at radius 2 is 2.19 bits per heavy atom. The van der Waals surface area contributed by atoms with Crippen molar-refractivity contribution in [3.8, 4) is 0 Å². The molecule has 2 fully saturated rings. The van der Waals surface area contributed by atoms with E-state index < -0.39 is 5.97 Å². The summed E-state index contributed by atoms with van der Waals surface area (Å²) in [6, 6.07) is 0. The van der Waals surface area contributed by atoms with Gasteiger partial charge in [0.1, 0.15) is 0 Å². The van der Waals surface area contributed by atoms with Gasteiger partial charge in [-0.15, -0.1) is 0 Å². The van der Waals surface area contributed by atoms with Crippen LogP contribution in [0.15, 0.2) is 0 Å². The van der Waals surface area contributed by atoms with Crippen LogP contribution in [0.1, 0.15) is 39.0 Å². The average Bonchev–Trinajstić information content (AvgIpc) is 2.22. The van der Waals surface area contributed by atoms with Crippen LogP contribution < -0.4 is 5.32 Å². The topological polar surface area (TPSA) is 58.6 Å². The van der Waals surface area contributed by atoms with Gasteiger partial charge < -0.3 is 15.2 Å². The number of ether oxygens (including phenoxy) is 1. The van der Waals surface area contributed by atoms with Gasteiger partial charge in [-0.2, -0.15) is 0 Å². The van der Waals surface area contributed by atoms with E-state index in [1.807, 2.05) is 0 Å². The normalized spacial score (nSPS) is 39.8. The minimum absolute atomic E-state index is 0.0785. The molecule has 2 N–H and O–H groups in total. The summed E-state index contributed by atoms with van der Waals surface area (Å²) in [5.74, 6) is 0.0158. The predicted molar refractivity (Wildman–Crippen MR) is 60.4 cm³/mol. The lowest BCUT2D eigenvalue weighted by molar-refractivity contribution is -0.158.